The van der Waals surface area contributed by atoms with Crippen LogP contribution < -0.4 is 10.1 Å². The van der Waals surface area contributed by atoms with Gasteiger partial charge in [-0.05, 0) is 29.8 Å². The van der Waals surface area contributed by atoms with Crippen molar-refractivity contribution < 1.29 is 13.5 Å². The lowest BCUT2D eigenvalue weighted by molar-refractivity contribution is 0.313. The van der Waals surface area contributed by atoms with Gasteiger partial charge in [-0.3, -0.25) is 0 Å². The highest BCUT2D eigenvalue weighted by atomic mass is 19.2. The molecule has 0 aliphatic rings. The third-order valence-corrected chi connectivity index (χ3v) is 2.60. The number of hydrogen-bond acceptors (Lipinski definition) is 2. The minimum Gasteiger partial charge on any atom is -0.492 e. The number of para-hydroxylation sites is 1. The Balaban J connectivity index is 1.68. The molecule has 0 aliphatic carbocycles. The highest BCUT2D eigenvalue weighted by molar-refractivity contribution is 5.21. The van der Waals surface area contributed by atoms with E-state index in [1.54, 1.807) is 6.07 Å². The van der Waals surface area contributed by atoms with Gasteiger partial charge < -0.3 is 10.1 Å². The van der Waals surface area contributed by atoms with Crippen LogP contribution in [-0.2, 0) is 6.54 Å². The quantitative estimate of drug-likeness (QED) is 0.808. The highest BCUT2D eigenvalue weighted by Gasteiger charge is 2.01. The van der Waals surface area contributed by atoms with E-state index in [0.717, 1.165) is 11.8 Å². The first-order valence-corrected chi connectivity index (χ1v) is 6.08. The fourth-order valence-electron chi connectivity index (χ4n) is 1.64. The molecule has 0 bridgehead atoms. The predicted molar refractivity (Wildman–Crippen MR) is 70.0 cm³/mol. The first kappa shape index (κ1) is 13.5. The molecule has 0 radical (unpaired) electrons. The minimum absolute atomic E-state index is 0.481. The summed E-state index contributed by atoms with van der Waals surface area (Å²) in [5.41, 5.74) is 0.707. The van der Waals surface area contributed by atoms with Gasteiger partial charge in [0, 0.05) is 13.1 Å². The lowest BCUT2D eigenvalue weighted by Gasteiger charge is -2.07. The van der Waals surface area contributed by atoms with Crippen LogP contribution in [0, 0.1) is 11.6 Å². The maximum absolute atomic E-state index is 12.9. The van der Waals surface area contributed by atoms with Gasteiger partial charge in [0.05, 0.1) is 0 Å². The maximum atomic E-state index is 12.9. The molecular weight excluding hydrogens is 248 g/mol. The minimum atomic E-state index is -0.823. The lowest BCUT2D eigenvalue weighted by atomic mass is 10.2. The van der Waals surface area contributed by atoms with E-state index >= 15 is 0 Å². The van der Waals surface area contributed by atoms with Crippen LogP contribution in [-0.4, -0.2) is 13.2 Å². The first-order chi connectivity index (χ1) is 9.25. The second-order valence-electron chi connectivity index (χ2n) is 4.09. The zero-order valence-corrected chi connectivity index (χ0v) is 10.4. The van der Waals surface area contributed by atoms with Crippen LogP contribution >= 0.6 is 0 Å². The molecule has 4 heteroatoms. The van der Waals surface area contributed by atoms with Gasteiger partial charge in [-0.1, -0.05) is 24.3 Å². The molecule has 1 N–H and O–H groups in total. The van der Waals surface area contributed by atoms with Gasteiger partial charge in [-0.25, -0.2) is 8.78 Å². The van der Waals surface area contributed by atoms with Crippen molar-refractivity contribution in [2.24, 2.45) is 0 Å². The summed E-state index contributed by atoms with van der Waals surface area (Å²) in [5, 5.41) is 3.10. The van der Waals surface area contributed by atoms with Crippen molar-refractivity contribution in [1.29, 1.82) is 0 Å². The second kappa shape index (κ2) is 6.85. The van der Waals surface area contributed by atoms with Crippen molar-refractivity contribution in [3.63, 3.8) is 0 Å². The van der Waals surface area contributed by atoms with E-state index in [-0.39, 0.29) is 0 Å². The van der Waals surface area contributed by atoms with Crippen LogP contribution in [0.4, 0.5) is 8.78 Å². The van der Waals surface area contributed by atoms with Crippen LogP contribution in [0.15, 0.2) is 48.5 Å². The maximum Gasteiger partial charge on any atom is 0.159 e. The molecule has 0 heterocycles. The Bertz CT molecular complexity index is 517. The number of rotatable bonds is 6. The van der Waals surface area contributed by atoms with Crippen molar-refractivity contribution in [1.82, 2.24) is 5.32 Å². The van der Waals surface area contributed by atoms with Crippen LogP contribution in [0.1, 0.15) is 5.56 Å². The number of ether oxygens (including phenoxy) is 1. The van der Waals surface area contributed by atoms with Crippen LogP contribution in [0.5, 0.6) is 5.75 Å². The average molecular weight is 263 g/mol. The molecule has 0 spiro atoms. The monoisotopic (exact) mass is 263 g/mol. The van der Waals surface area contributed by atoms with Gasteiger partial charge in [0.2, 0.25) is 0 Å². The zero-order valence-electron chi connectivity index (χ0n) is 10.4. The Morgan fingerprint density at radius 3 is 2.47 bits per heavy atom. The molecule has 2 aromatic rings. The number of benzene rings is 2. The highest BCUT2D eigenvalue weighted by Crippen LogP contribution is 2.09. The molecule has 100 valence electrons. The van der Waals surface area contributed by atoms with E-state index in [9.17, 15) is 8.78 Å². The predicted octanol–water partition coefficient (Wildman–Crippen LogP) is 3.13. The van der Waals surface area contributed by atoms with Crippen molar-refractivity contribution in [2.45, 2.75) is 6.54 Å². The van der Waals surface area contributed by atoms with Crippen LogP contribution in [0.2, 0.25) is 0 Å². The summed E-state index contributed by atoms with van der Waals surface area (Å²) >= 11 is 0. The molecule has 0 aliphatic heterocycles. The summed E-state index contributed by atoms with van der Waals surface area (Å²) in [7, 11) is 0. The van der Waals surface area contributed by atoms with E-state index in [0.29, 0.717) is 25.3 Å². The SMILES string of the molecule is Fc1ccc(CNCCOc2ccccc2)cc1F. The summed E-state index contributed by atoms with van der Waals surface area (Å²) in [5.74, 6) is -0.826. The molecule has 2 nitrogen and oxygen atoms in total. The molecule has 2 aromatic carbocycles. The fraction of sp³-hybridized carbons (Fsp3) is 0.200. The van der Waals surface area contributed by atoms with Gasteiger partial charge in [0.15, 0.2) is 11.6 Å². The average Bonchev–Trinajstić information content (AvgIpc) is 2.43. The van der Waals surface area contributed by atoms with E-state index < -0.39 is 11.6 Å². The molecule has 0 unspecified atom stereocenters. The first-order valence-electron chi connectivity index (χ1n) is 6.08. The van der Waals surface area contributed by atoms with Crippen molar-refractivity contribution in [3.05, 3.63) is 65.7 Å². The molecule has 2 rings (SSSR count). The summed E-state index contributed by atoms with van der Waals surface area (Å²) in [6.07, 6.45) is 0. The van der Waals surface area contributed by atoms with Crippen molar-refractivity contribution >= 4 is 0 Å². The Morgan fingerprint density at radius 2 is 1.74 bits per heavy atom. The fourth-order valence-corrected chi connectivity index (χ4v) is 1.64. The molecule has 19 heavy (non-hydrogen) atoms. The van der Waals surface area contributed by atoms with E-state index in [1.807, 2.05) is 30.3 Å². The third-order valence-electron chi connectivity index (χ3n) is 2.60. The summed E-state index contributed by atoms with van der Waals surface area (Å²) < 4.78 is 31.2. The molecule has 0 fully saturated rings. The molecule has 0 aromatic heterocycles. The molecule has 0 saturated heterocycles. The number of nitrogens with one attached hydrogen (secondary N) is 1. The molecule has 0 atom stereocenters. The van der Waals surface area contributed by atoms with Crippen molar-refractivity contribution in [2.75, 3.05) is 13.2 Å². The Kier molecular flexibility index (Phi) is 4.86. The summed E-state index contributed by atoms with van der Waals surface area (Å²) in [6, 6.07) is 13.4. The van der Waals surface area contributed by atoms with Gasteiger partial charge in [-0.15, -0.1) is 0 Å². The third kappa shape index (κ3) is 4.34. The van der Waals surface area contributed by atoms with Crippen molar-refractivity contribution in [3.8, 4) is 5.75 Å². The Labute approximate surface area is 111 Å². The normalized spacial score (nSPS) is 10.4. The van der Waals surface area contributed by atoms with Gasteiger partial charge in [0.1, 0.15) is 12.4 Å². The Hall–Kier alpha value is -1.94. The number of halogens is 2. The van der Waals surface area contributed by atoms with E-state index in [4.69, 9.17) is 4.74 Å². The molecule has 0 saturated carbocycles. The number of hydrogen-bond donors (Lipinski definition) is 1. The topological polar surface area (TPSA) is 21.3 Å². The molecule has 0 amide bonds. The summed E-state index contributed by atoms with van der Waals surface area (Å²) in [6.45, 7) is 1.64. The lowest BCUT2D eigenvalue weighted by Crippen LogP contribution is -2.20. The zero-order chi connectivity index (χ0) is 13.5. The van der Waals surface area contributed by atoms with Gasteiger partial charge >= 0.3 is 0 Å². The van der Waals surface area contributed by atoms with E-state index in [2.05, 4.69) is 5.32 Å². The largest absolute Gasteiger partial charge is 0.492 e. The smallest absolute Gasteiger partial charge is 0.159 e. The summed E-state index contributed by atoms with van der Waals surface area (Å²) in [4.78, 5) is 0. The standard InChI is InChI=1S/C15H15F2NO/c16-14-7-6-12(10-15(14)17)11-18-8-9-19-13-4-2-1-3-5-13/h1-7,10,18H,8-9,11H2. The van der Waals surface area contributed by atoms with E-state index in [1.165, 1.54) is 6.07 Å². The van der Waals surface area contributed by atoms with Gasteiger partial charge in [-0.2, -0.15) is 0 Å². The van der Waals surface area contributed by atoms with Crippen LogP contribution in [0.25, 0.3) is 0 Å². The Morgan fingerprint density at radius 1 is 0.947 bits per heavy atom. The van der Waals surface area contributed by atoms with Crippen LogP contribution in [0.3, 0.4) is 0 Å². The molecular formula is C15H15F2NO. The van der Waals surface area contributed by atoms with Gasteiger partial charge in [0.25, 0.3) is 0 Å². The second-order valence-corrected chi connectivity index (χ2v) is 4.09.